The molecule has 4 aromatic rings. The molecule has 0 bridgehead atoms. The second-order valence-electron chi connectivity index (χ2n) is 6.12. The van der Waals surface area contributed by atoms with Crippen LogP contribution in [0.2, 0.25) is 0 Å². The third-order valence-corrected chi connectivity index (χ3v) is 4.25. The molecule has 0 saturated heterocycles. The van der Waals surface area contributed by atoms with Crippen LogP contribution >= 0.6 is 0 Å². The predicted octanol–water partition coefficient (Wildman–Crippen LogP) is 4.95. The van der Waals surface area contributed by atoms with E-state index in [0.29, 0.717) is 11.8 Å². The summed E-state index contributed by atoms with van der Waals surface area (Å²) in [5.41, 5.74) is 3.78. The van der Waals surface area contributed by atoms with Gasteiger partial charge in [-0.05, 0) is 38.1 Å². The standard InChI is InChI=1S/C19H19N3O2/c1-12(2)22(3)11-10-20-15-8-4-6-13-16(15)23-18-14-7-5-9-21-19(14)24-17(13)18/h4-12,20H,1-3H3/b11-10-. The van der Waals surface area contributed by atoms with Gasteiger partial charge in [0.2, 0.25) is 5.71 Å². The molecule has 0 spiro atoms. The number of anilines is 1. The van der Waals surface area contributed by atoms with E-state index >= 15 is 0 Å². The predicted molar refractivity (Wildman–Crippen MR) is 96.9 cm³/mol. The van der Waals surface area contributed by atoms with Crippen molar-refractivity contribution in [3.63, 3.8) is 0 Å². The van der Waals surface area contributed by atoms with E-state index in [2.05, 4.69) is 29.0 Å². The quantitative estimate of drug-likeness (QED) is 0.576. The molecule has 3 heterocycles. The lowest BCUT2D eigenvalue weighted by atomic mass is 10.2. The molecule has 0 radical (unpaired) electrons. The first-order chi connectivity index (χ1) is 11.6. The number of nitrogens with zero attached hydrogens (tertiary/aromatic N) is 2. The van der Waals surface area contributed by atoms with Crippen LogP contribution in [0.25, 0.3) is 33.2 Å². The van der Waals surface area contributed by atoms with Gasteiger partial charge in [0.1, 0.15) is 0 Å². The summed E-state index contributed by atoms with van der Waals surface area (Å²) in [6, 6.07) is 10.3. The maximum atomic E-state index is 6.10. The third-order valence-electron chi connectivity index (χ3n) is 4.25. The molecule has 0 aliphatic heterocycles. The van der Waals surface area contributed by atoms with Gasteiger partial charge in [-0.3, -0.25) is 0 Å². The second kappa shape index (κ2) is 5.60. The van der Waals surface area contributed by atoms with E-state index in [1.54, 1.807) is 6.20 Å². The maximum absolute atomic E-state index is 6.10. The van der Waals surface area contributed by atoms with Gasteiger partial charge in [0.15, 0.2) is 16.7 Å². The highest BCUT2D eigenvalue weighted by Crippen LogP contribution is 2.38. The van der Waals surface area contributed by atoms with Crippen LogP contribution in [0, 0.1) is 0 Å². The molecule has 1 N–H and O–H groups in total. The van der Waals surface area contributed by atoms with Crippen molar-refractivity contribution in [2.75, 3.05) is 12.4 Å². The molecule has 0 unspecified atom stereocenters. The summed E-state index contributed by atoms with van der Waals surface area (Å²) in [6.45, 7) is 4.29. The van der Waals surface area contributed by atoms with Crippen molar-refractivity contribution in [3.05, 3.63) is 48.9 Å². The van der Waals surface area contributed by atoms with E-state index in [4.69, 9.17) is 8.83 Å². The van der Waals surface area contributed by atoms with Crippen molar-refractivity contribution >= 4 is 38.9 Å². The SMILES string of the molecule is CC(C)N(C)/C=C\Nc1cccc2c1oc1c3cccnc3oc21. The number of fused-ring (bicyclic) bond motifs is 5. The summed E-state index contributed by atoms with van der Waals surface area (Å²) in [6.07, 6.45) is 5.64. The summed E-state index contributed by atoms with van der Waals surface area (Å²) in [5, 5.41) is 5.14. The zero-order valence-electron chi connectivity index (χ0n) is 13.9. The lowest BCUT2D eigenvalue weighted by Gasteiger charge is -2.18. The highest BCUT2D eigenvalue weighted by molar-refractivity contribution is 6.14. The van der Waals surface area contributed by atoms with Gasteiger partial charge in [-0.25, -0.2) is 4.98 Å². The van der Waals surface area contributed by atoms with Crippen LogP contribution in [0.5, 0.6) is 0 Å². The van der Waals surface area contributed by atoms with E-state index in [1.807, 2.05) is 49.8 Å². The fourth-order valence-electron chi connectivity index (χ4n) is 2.65. The minimum Gasteiger partial charge on any atom is -0.450 e. The van der Waals surface area contributed by atoms with E-state index in [-0.39, 0.29) is 0 Å². The molecule has 3 aromatic heterocycles. The number of benzene rings is 1. The first-order valence-corrected chi connectivity index (χ1v) is 7.99. The molecule has 0 aliphatic rings. The van der Waals surface area contributed by atoms with Gasteiger partial charge < -0.3 is 19.1 Å². The molecule has 1 aromatic carbocycles. The fourth-order valence-corrected chi connectivity index (χ4v) is 2.65. The van der Waals surface area contributed by atoms with Gasteiger partial charge in [-0.1, -0.05) is 6.07 Å². The normalized spacial score (nSPS) is 12.2. The van der Waals surface area contributed by atoms with Gasteiger partial charge >= 0.3 is 0 Å². The van der Waals surface area contributed by atoms with Crippen molar-refractivity contribution in [1.29, 1.82) is 0 Å². The minimum atomic E-state index is 0.448. The van der Waals surface area contributed by atoms with Crippen LogP contribution in [-0.4, -0.2) is 23.0 Å². The van der Waals surface area contributed by atoms with Crippen molar-refractivity contribution in [3.8, 4) is 0 Å². The van der Waals surface area contributed by atoms with Crippen LogP contribution in [0.15, 0.2) is 57.8 Å². The Morgan fingerprint density at radius 3 is 2.67 bits per heavy atom. The Kier molecular flexibility index (Phi) is 3.41. The molecule has 0 fully saturated rings. The van der Waals surface area contributed by atoms with Gasteiger partial charge in [0.05, 0.1) is 16.5 Å². The van der Waals surface area contributed by atoms with Crippen molar-refractivity contribution in [2.45, 2.75) is 19.9 Å². The number of furan rings is 2. The second-order valence-corrected chi connectivity index (χ2v) is 6.12. The largest absolute Gasteiger partial charge is 0.450 e. The van der Waals surface area contributed by atoms with E-state index in [1.165, 1.54) is 0 Å². The summed E-state index contributed by atoms with van der Waals surface area (Å²) in [5.74, 6) is 0. The van der Waals surface area contributed by atoms with Gasteiger partial charge in [0, 0.05) is 31.7 Å². The molecular weight excluding hydrogens is 302 g/mol. The maximum Gasteiger partial charge on any atom is 0.230 e. The van der Waals surface area contributed by atoms with E-state index in [9.17, 15) is 0 Å². The molecule has 0 aliphatic carbocycles. The number of aromatic nitrogens is 1. The molecule has 24 heavy (non-hydrogen) atoms. The Labute approximate surface area is 139 Å². The smallest absolute Gasteiger partial charge is 0.230 e. The highest BCUT2D eigenvalue weighted by Gasteiger charge is 2.17. The zero-order chi connectivity index (χ0) is 16.7. The van der Waals surface area contributed by atoms with Crippen LogP contribution in [0.4, 0.5) is 5.69 Å². The molecule has 0 saturated carbocycles. The first kappa shape index (κ1) is 14.6. The Hall–Kier alpha value is -2.95. The minimum absolute atomic E-state index is 0.448. The molecule has 0 amide bonds. The van der Waals surface area contributed by atoms with Crippen LogP contribution in [-0.2, 0) is 0 Å². The monoisotopic (exact) mass is 321 g/mol. The number of rotatable bonds is 4. The zero-order valence-corrected chi connectivity index (χ0v) is 13.9. The van der Waals surface area contributed by atoms with Gasteiger partial charge in [0.25, 0.3) is 0 Å². The van der Waals surface area contributed by atoms with Crippen LogP contribution in [0.1, 0.15) is 13.8 Å². The van der Waals surface area contributed by atoms with Gasteiger partial charge in [-0.15, -0.1) is 0 Å². The Balaban J connectivity index is 1.78. The molecule has 0 atom stereocenters. The Bertz CT molecular complexity index is 1040. The fraction of sp³-hybridized carbons (Fsp3) is 0.211. The third kappa shape index (κ3) is 2.29. The number of nitrogens with one attached hydrogen (secondary N) is 1. The number of hydrogen-bond donors (Lipinski definition) is 1. The highest BCUT2D eigenvalue weighted by atomic mass is 16.4. The van der Waals surface area contributed by atoms with Crippen LogP contribution < -0.4 is 5.32 Å². The summed E-state index contributed by atoms with van der Waals surface area (Å²) in [7, 11) is 2.04. The molecule has 4 rings (SSSR count). The molecular formula is C19H19N3O2. The van der Waals surface area contributed by atoms with E-state index in [0.717, 1.165) is 33.2 Å². The molecule has 5 nitrogen and oxygen atoms in total. The molecule has 5 heteroatoms. The average Bonchev–Trinajstić information content (AvgIpc) is 3.11. The summed E-state index contributed by atoms with van der Waals surface area (Å²) < 4.78 is 12.0. The Morgan fingerprint density at radius 2 is 1.83 bits per heavy atom. The Morgan fingerprint density at radius 1 is 1.04 bits per heavy atom. The van der Waals surface area contributed by atoms with Crippen LogP contribution in [0.3, 0.4) is 0 Å². The van der Waals surface area contributed by atoms with Gasteiger partial charge in [-0.2, -0.15) is 0 Å². The van der Waals surface area contributed by atoms with Crippen molar-refractivity contribution < 1.29 is 8.83 Å². The number of para-hydroxylation sites is 1. The summed E-state index contributed by atoms with van der Waals surface area (Å²) >= 11 is 0. The van der Waals surface area contributed by atoms with Crippen molar-refractivity contribution in [1.82, 2.24) is 9.88 Å². The average molecular weight is 321 g/mol. The lowest BCUT2D eigenvalue weighted by molar-refractivity contribution is 0.375. The number of pyridine rings is 1. The number of hydrogen-bond acceptors (Lipinski definition) is 5. The topological polar surface area (TPSA) is 54.4 Å². The lowest BCUT2D eigenvalue weighted by Crippen LogP contribution is -2.20. The molecule has 122 valence electrons. The van der Waals surface area contributed by atoms with E-state index < -0.39 is 0 Å². The summed E-state index contributed by atoms with van der Waals surface area (Å²) in [4.78, 5) is 6.37. The first-order valence-electron chi connectivity index (χ1n) is 7.99. The van der Waals surface area contributed by atoms with Crippen molar-refractivity contribution in [2.24, 2.45) is 0 Å².